The average Bonchev–Trinajstić information content (AvgIpc) is 2.84. The number of carbonyl (C=O) groups is 2. The number of benzene rings is 2. The summed E-state index contributed by atoms with van der Waals surface area (Å²) < 4.78 is 19.4. The number of hydrogen-bond donors (Lipinski definition) is 1. The summed E-state index contributed by atoms with van der Waals surface area (Å²) in [5, 5.41) is 3.03. The summed E-state index contributed by atoms with van der Waals surface area (Å²) in [7, 11) is 0. The highest BCUT2D eigenvalue weighted by Crippen LogP contribution is 2.30. The molecule has 0 bridgehead atoms. The molecule has 2 aromatic carbocycles. The van der Waals surface area contributed by atoms with Crippen molar-refractivity contribution < 1.29 is 18.7 Å². The van der Waals surface area contributed by atoms with Gasteiger partial charge >= 0.3 is 0 Å². The van der Waals surface area contributed by atoms with Gasteiger partial charge in [-0.15, -0.1) is 0 Å². The van der Waals surface area contributed by atoms with Gasteiger partial charge < -0.3 is 10.1 Å². The molecule has 1 N–H and O–H groups in total. The first-order chi connectivity index (χ1) is 11.6. The third kappa shape index (κ3) is 2.95. The molecule has 124 valence electrons. The maximum Gasteiger partial charge on any atom is 0.256 e. The second-order valence-corrected chi connectivity index (χ2v) is 5.35. The smallest absolute Gasteiger partial charge is 0.256 e. The van der Waals surface area contributed by atoms with E-state index < -0.39 is 23.7 Å². The van der Waals surface area contributed by atoms with Crippen LogP contribution in [0.3, 0.4) is 0 Å². The van der Waals surface area contributed by atoms with Crippen LogP contribution in [0.4, 0.5) is 15.8 Å². The second kappa shape index (κ2) is 6.70. The summed E-state index contributed by atoms with van der Waals surface area (Å²) in [6, 6.07) is 12.2. The number of amides is 2. The first-order valence-corrected chi connectivity index (χ1v) is 7.71. The number of rotatable bonds is 5. The molecule has 1 unspecified atom stereocenters. The molecular weight excluding hydrogens is 311 g/mol. The SMILES string of the molecule is CCOc1ccccc1NC1CC(=O)N(c2ccccc2F)C1=O. The highest BCUT2D eigenvalue weighted by molar-refractivity contribution is 6.23. The van der Waals surface area contributed by atoms with E-state index in [1.54, 1.807) is 24.3 Å². The zero-order valence-corrected chi connectivity index (χ0v) is 13.2. The highest BCUT2D eigenvalue weighted by atomic mass is 19.1. The quantitative estimate of drug-likeness (QED) is 0.857. The van der Waals surface area contributed by atoms with Crippen molar-refractivity contribution in [1.82, 2.24) is 0 Å². The summed E-state index contributed by atoms with van der Waals surface area (Å²) in [4.78, 5) is 25.7. The van der Waals surface area contributed by atoms with Gasteiger partial charge in [-0.1, -0.05) is 24.3 Å². The Hall–Kier alpha value is -2.89. The van der Waals surface area contributed by atoms with Crippen LogP contribution < -0.4 is 15.0 Å². The number of imide groups is 1. The van der Waals surface area contributed by atoms with Crippen molar-refractivity contribution in [1.29, 1.82) is 0 Å². The number of nitrogens with zero attached hydrogens (tertiary/aromatic N) is 1. The number of nitrogens with one attached hydrogen (secondary N) is 1. The Bertz CT molecular complexity index is 778. The van der Waals surface area contributed by atoms with Crippen molar-refractivity contribution in [2.24, 2.45) is 0 Å². The Morgan fingerprint density at radius 3 is 2.62 bits per heavy atom. The lowest BCUT2D eigenvalue weighted by molar-refractivity contribution is -0.121. The first-order valence-electron chi connectivity index (χ1n) is 7.71. The maximum absolute atomic E-state index is 13.9. The van der Waals surface area contributed by atoms with Crippen molar-refractivity contribution in [2.75, 3.05) is 16.8 Å². The van der Waals surface area contributed by atoms with Crippen LogP contribution in [-0.4, -0.2) is 24.5 Å². The van der Waals surface area contributed by atoms with Crippen LogP contribution in [-0.2, 0) is 9.59 Å². The van der Waals surface area contributed by atoms with Crippen molar-refractivity contribution in [3.63, 3.8) is 0 Å². The van der Waals surface area contributed by atoms with E-state index in [9.17, 15) is 14.0 Å². The third-order valence-electron chi connectivity index (χ3n) is 3.76. The van der Waals surface area contributed by atoms with E-state index in [2.05, 4.69) is 5.32 Å². The van der Waals surface area contributed by atoms with E-state index in [4.69, 9.17) is 4.74 Å². The van der Waals surface area contributed by atoms with E-state index in [-0.39, 0.29) is 12.1 Å². The van der Waals surface area contributed by atoms with E-state index >= 15 is 0 Å². The van der Waals surface area contributed by atoms with Gasteiger partial charge in [0.1, 0.15) is 17.6 Å². The fourth-order valence-corrected chi connectivity index (χ4v) is 2.69. The van der Waals surface area contributed by atoms with Crippen LogP contribution in [0.2, 0.25) is 0 Å². The summed E-state index contributed by atoms with van der Waals surface area (Å²) in [6.45, 7) is 2.35. The molecule has 0 radical (unpaired) electrons. The summed E-state index contributed by atoms with van der Waals surface area (Å²) in [5.41, 5.74) is 0.607. The fourth-order valence-electron chi connectivity index (χ4n) is 2.69. The van der Waals surface area contributed by atoms with Gasteiger partial charge in [-0.3, -0.25) is 9.59 Å². The van der Waals surface area contributed by atoms with Gasteiger partial charge in [0.05, 0.1) is 24.4 Å². The van der Waals surface area contributed by atoms with Crippen molar-refractivity contribution in [3.05, 3.63) is 54.3 Å². The Labute approximate surface area is 139 Å². The summed E-state index contributed by atoms with van der Waals surface area (Å²) in [6.07, 6.45) is -0.0341. The molecular formula is C18H17FN2O3. The number of hydrogen-bond acceptors (Lipinski definition) is 4. The molecule has 0 aliphatic carbocycles. The molecule has 0 saturated carbocycles. The molecule has 0 aromatic heterocycles. The minimum atomic E-state index is -0.751. The molecule has 5 nitrogen and oxygen atoms in total. The molecule has 0 spiro atoms. The number of halogens is 1. The molecule has 2 amide bonds. The van der Waals surface area contributed by atoms with Crippen LogP contribution in [0.1, 0.15) is 13.3 Å². The minimum absolute atomic E-state index is 0.0186. The van der Waals surface area contributed by atoms with Gasteiger partial charge in [0.25, 0.3) is 5.91 Å². The topological polar surface area (TPSA) is 58.6 Å². The van der Waals surface area contributed by atoms with Gasteiger partial charge in [0, 0.05) is 0 Å². The predicted molar refractivity (Wildman–Crippen MR) is 88.5 cm³/mol. The van der Waals surface area contributed by atoms with E-state index in [0.29, 0.717) is 18.0 Å². The normalized spacial score (nSPS) is 17.2. The van der Waals surface area contributed by atoms with Gasteiger partial charge in [-0.2, -0.15) is 0 Å². The lowest BCUT2D eigenvalue weighted by Crippen LogP contribution is -2.35. The van der Waals surface area contributed by atoms with Crippen LogP contribution in [0, 0.1) is 5.82 Å². The number of anilines is 2. The van der Waals surface area contributed by atoms with Crippen molar-refractivity contribution in [2.45, 2.75) is 19.4 Å². The predicted octanol–water partition coefficient (Wildman–Crippen LogP) is 2.97. The van der Waals surface area contributed by atoms with Crippen LogP contribution in [0.25, 0.3) is 0 Å². The molecule has 3 rings (SSSR count). The van der Waals surface area contributed by atoms with E-state index in [1.165, 1.54) is 18.2 Å². The Morgan fingerprint density at radius 1 is 1.17 bits per heavy atom. The molecule has 1 aliphatic heterocycles. The van der Waals surface area contributed by atoms with E-state index in [0.717, 1.165) is 4.90 Å². The van der Waals surface area contributed by atoms with Gasteiger partial charge in [0.2, 0.25) is 5.91 Å². The standard InChI is InChI=1S/C18H17FN2O3/c1-2-24-16-10-6-4-8-13(16)20-14-11-17(22)21(18(14)23)15-9-5-3-7-12(15)19/h3-10,14,20H,2,11H2,1H3. The Morgan fingerprint density at radius 2 is 1.88 bits per heavy atom. The van der Waals surface area contributed by atoms with Crippen LogP contribution in [0.5, 0.6) is 5.75 Å². The molecule has 1 fully saturated rings. The van der Waals surface area contributed by atoms with Gasteiger partial charge in [-0.25, -0.2) is 9.29 Å². The zero-order chi connectivity index (χ0) is 17.1. The number of carbonyl (C=O) groups excluding carboxylic acids is 2. The molecule has 1 atom stereocenters. The second-order valence-electron chi connectivity index (χ2n) is 5.35. The fraction of sp³-hybridized carbons (Fsp3) is 0.222. The van der Waals surface area contributed by atoms with Crippen LogP contribution >= 0.6 is 0 Å². The maximum atomic E-state index is 13.9. The monoisotopic (exact) mass is 328 g/mol. The number of ether oxygens (including phenoxy) is 1. The van der Waals surface area contributed by atoms with Crippen molar-refractivity contribution >= 4 is 23.2 Å². The van der Waals surface area contributed by atoms with E-state index in [1.807, 2.05) is 13.0 Å². The van der Waals surface area contributed by atoms with Gasteiger partial charge in [-0.05, 0) is 31.2 Å². The molecule has 1 aliphatic rings. The Kier molecular flexibility index (Phi) is 4.46. The minimum Gasteiger partial charge on any atom is -0.492 e. The molecule has 24 heavy (non-hydrogen) atoms. The zero-order valence-electron chi connectivity index (χ0n) is 13.2. The number of para-hydroxylation sites is 3. The Balaban J connectivity index is 1.84. The molecule has 2 aromatic rings. The summed E-state index contributed by atoms with van der Waals surface area (Å²) in [5.74, 6) is -0.910. The molecule has 6 heteroatoms. The van der Waals surface area contributed by atoms with Crippen molar-refractivity contribution in [3.8, 4) is 5.75 Å². The van der Waals surface area contributed by atoms with Gasteiger partial charge in [0.15, 0.2) is 0 Å². The summed E-state index contributed by atoms with van der Waals surface area (Å²) >= 11 is 0. The first kappa shape index (κ1) is 16.0. The van der Waals surface area contributed by atoms with Crippen LogP contribution in [0.15, 0.2) is 48.5 Å². The third-order valence-corrected chi connectivity index (χ3v) is 3.76. The lowest BCUT2D eigenvalue weighted by Gasteiger charge is -2.18. The molecule has 1 saturated heterocycles. The lowest BCUT2D eigenvalue weighted by atomic mass is 10.2. The highest BCUT2D eigenvalue weighted by Gasteiger charge is 2.40. The molecule has 1 heterocycles. The average molecular weight is 328 g/mol. The largest absolute Gasteiger partial charge is 0.492 e.